The minimum Gasteiger partial charge on any atom is -0.392 e. The SMILES string of the molecule is CC(O)Cn1ccc2c(NC(=O)Cc3ccc(Cl)c(F)c3)c(Cl)ccc2c1=O. The molecule has 2 N–H and O–H groups in total. The fraction of sp³-hybridized carbons (Fsp3) is 0.200. The number of nitrogens with one attached hydrogen (secondary N) is 1. The van der Waals surface area contributed by atoms with Crippen molar-refractivity contribution in [1.82, 2.24) is 4.57 Å². The van der Waals surface area contributed by atoms with Gasteiger partial charge in [0.15, 0.2) is 0 Å². The fourth-order valence-electron chi connectivity index (χ4n) is 2.91. The van der Waals surface area contributed by atoms with Crippen molar-refractivity contribution < 1.29 is 14.3 Å². The standard InChI is InChI=1S/C20H17Cl2FN2O3/c1-11(26)10-25-7-6-13-14(20(25)28)3-5-16(22)19(13)24-18(27)9-12-2-4-15(21)17(23)8-12/h2-8,11,26H,9-10H2,1H3,(H,24,27). The zero-order valence-electron chi connectivity index (χ0n) is 14.9. The smallest absolute Gasteiger partial charge is 0.258 e. The number of aliphatic hydroxyl groups is 1. The van der Waals surface area contributed by atoms with Crippen LogP contribution in [-0.2, 0) is 17.8 Å². The molecule has 1 amide bonds. The summed E-state index contributed by atoms with van der Waals surface area (Å²) in [5.41, 5.74) is 0.459. The second kappa shape index (κ2) is 8.31. The van der Waals surface area contributed by atoms with Crippen LogP contribution in [0, 0.1) is 5.82 Å². The predicted octanol–water partition coefficient (Wildman–Crippen LogP) is 4.01. The van der Waals surface area contributed by atoms with E-state index < -0.39 is 17.8 Å². The molecule has 0 saturated heterocycles. The molecule has 0 fully saturated rings. The van der Waals surface area contributed by atoms with Gasteiger partial charge in [0.1, 0.15) is 5.82 Å². The Labute approximate surface area is 170 Å². The molecule has 0 radical (unpaired) electrons. The summed E-state index contributed by atoms with van der Waals surface area (Å²) < 4.78 is 15.0. The van der Waals surface area contributed by atoms with Gasteiger partial charge in [-0.1, -0.05) is 29.3 Å². The van der Waals surface area contributed by atoms with Crippen molar-refractivity contribution in [2.75, 3.05) is 5.32 Å². The number of hydrogen-bond acceptors (Lipinski definition) is 3. The van der Waals surface area contributed by atoms with Crippen LogP contribution in [0.2, 0.25) is 10.0 Å². The van der Waals surface area contributed by atoms with E-state index in [1.807, 2.05) is 0 Å². The molecular formula is C20H17Cl2FN2O3. The number of pyridine rings is 1. The van der Waals surface area contributed by atoms with E-state index in [0.717, 1.165) is 0 Å². The van der Waals surface area contributed by atoms with E-state index in [9.17, 15) is 19.1 Å². The van der Waals surface area contributed by atoms with Crippen molar-refractivity contribution in [3.05, 3.63) is 74.4 Å². The number of benzene rings is 2. The summed E-state index contributed by atoms with van der Waals surface area (Å²) in [5, 5.41) is 13.3. The largest absolute Gasteiger partial charge is 0.392 e. The van der Waals surface area contributed by atoms with Gasteiger partial charge in [-0.2, -0.15) is 0 Å². The van der Waals surface area contributed by atoms with Crippen LogP contribution in [-0.4, -0.2) is 21.7 Å². The van der Waals surface area contributed by atoms with Gasteiger partial charge < -0.3 is 15.0 Å². The minimum atomic E-state index is -0.679. The molecule has 0 aliphatic carbocycles. The third kappa shape index (κ3) is 4.35. The molecule has 3 rings (SSSR count). The fourth-order valence-corrected chi connectivity index (χ4v) is 3.24. The highest BCUT2D eigenvalue weighted by Crippen LogP contribution is 2.30. The summed E-state index contributed by atoms with van der Waals surface area (Å²) in [6.07, 6.45) is 0.777. The third-order valence-corrected chi connectivity index (χ3v) is 4.80. The normalized spacial score (nSPS) is 12.2. The molecule has 1 atom stereocenters. The molecule has 1 aromatic heterocycles. The topological polar surface area (TPSA) is 71.3 Å². The van der Waals surface area contributed by atoms with Crippen molar-refractivity contribution in [3.8, 4) is 0 Å². The molecule has 0 saturated carbocycles. The van der Waals surface area contributed by atoms with Gasteiger partial charge in [0.25, 0.3) is 5.56 Å². The average molecular weight is 423 g/mol. The van der Waals surface area contributed by atoms with Crippen LogP contribution in [0.5, 0.6) is 0 Å². The third-order valence-electron chi connectivity index (χ3n) is 4.18. The number of carbonyl (C=O) groups is 1. The number of anilines is 1. The van der Waals surface area contributed by atoms with Gasteiger partial charge in [-0.15, -0.1) is 0 Å². The highest BCUT2D eigenvalue weighted by atomic mass is 35.5. The lowest BCUT2D eigenvalue weighted by atomic mass is 10.1. The summed E-state index contributed by atoms with van der Waals surface area (Å²) in [4.78, 5) is 25.0. The van der Waals surface area contributed by atoms with E-state index in [2.05, 4.69) is 5.32 Å². The van der Waals surface area contributed by atoms with E-state index in [1.54, 1.807) is 25.1 Å². The van der Waals surface area contributed by atoms with Crippen molar-refractivity contribution in [3.63, 3.8) is 0 Å². The van der Waals surface area contributed by atoms with Crippen LogP contribution in [0.4, 0.5) is 10.1 Å². The molecule has 8 heteroatoms. The highest BCUT2D eigenvalue weighted by Gasteiger charge is 2.14. The maximum absolute atomic E-state index is 13.6. The van der Waals surface area contributed by atoms with Crippen molar-refractivity contribution in [1.29, 1.82) is 0 Å². The van der Waals surface area contributed by atoms with Crippen molar-refractivity contribution in [2.45, 2.75) is 26.0 Å². The zero-order valence-corrected chi connectivity index (χ0v) is 16.4. The summed E-state index contributed by atoms with van der Waals surface area (Å²) in [6, 6.07) is 8.89. The Hall–Kier alpha value is -2.41. The molecule has 0 spiro atoms. The number of carbonyl (C=O) groups excluding carboxylic acids is 1. The molecule has 1 unspecified atom stereocenters. The van der Waals surface area contributed by atoms with Gasteiger partial charge in [-0.3, -0.25) is 9.59 Å². The van der Waals surface area contributed by atoms with Gasteiger partial charge in [-0.25, -0.2) is 4.39 Å². The Balaban J connectivity index is 1.92. The summed E-state index contributed by atoms with van der Waals surface area (Å²) in [7, 11) is 0. The van der Waals surface area contributed by atoms with Crippen molar-refractivity contribution in [2.24, 2.45) is 0 Å². The first-order valence-corrected chi connectivity index (χ1v) is 9.25. The number of fused-ring (bicyclic) bond motifs is 1. The first-order chi connectivity index (χ1) is 13.3. The Kier molecular flexibility index (Phi) is 6.03. The van der Waals surface area contributed by atoms with Gasteiger partial charge >= 0.3 is 0 Å². The van der Waals surface area contributed by atoms with E-state index in [1.165, 1.54) is 29.0 Å². The van der Waals surface area contributed by atoms with Crippen LogP contribution in [0.15, 0.2) is 47.4 Å². The lowest BCUT2D eigenvalue weighted by Crippen LogP contribution is -2.25. The zero-order chi connectivity index (χ0) is 20.4. The average Bonchev–Trinajstić information content (AvgIpc) is 2.62. The van der Waals surface area contributed by atoms with Gasteiger partial charge in [-0.05, 0) is 42.8 Å². The molecule has 5 nitrogen and oxygen atoms in total. The molecular weight excluding hydrogens is 406 g/mol. The maximum Gasteiger partial charge on any atom is 0.258 e. The second-order valence-corrected chi connectivity index (χ2v) is 7.29. The monoisotopic (exact) mass is 422 g/mol. The number of halogens is 3. The molecule has 2 aromatic carbocycles. The Morgan fingerprint density at radius 1 is 1.18 bits per heavy atom. The van der Waals surface area contributed by atoms with Gasteiger partial charge in [0.05, 0.1) is 34.8 Å². The molecule has 0 aliphatic heterocycles. The second-order valence-electron chi connectivity index (χ2n) is 6.48. The van der Waals surface area contributed by atoms with Crippen LogP contribution in [0.3, 0.4) is 0 Å². The summed E-state index contributed by atoms with van der Waals surface area (Å²) in [5.74, 6) is -1.02. The molecule has 1 heterocycles. The predicted molar refractivity (Wildman–Crippen MR) is 109 cm³/mol. The Morgan fingerprint density at radius 3 is 2.57 bits per heavy atom. The van der Waals surface area contributed by atoms with Crippen molar-refractivity contribution >= 4 is 45.6 Å². The summed E-state index contributed by atoms with van der Waals surface area (Å²) in [6.45, 7) is 1.74. The van der Waals surface area contributed by atoms with E-state index in [0.29, 0.717) is 22.0 Å². The molecule has 28 heavy (non-hydrogen) atoms. The molecule has 0 aliphatic rings. The van der Waals surface area contributed by atoms with E-state index >= 15 is 0 Å². The number of amides is 1. The lowest BCUT2D eigenvalue weighted by molar-refractivity contribution is -0.115. The number of rotatable bonds is 5. The lowest BCUT2D eigenvalue weighted by Gasteiger charge is -2.13. The summed E-state index contributed by atoms with van der Waals surface area (Å²) >= 11 is 11.9. The number of aliphatic hydroxyl groups excluding tert-OH is 1. The van der Waals surface area contributed by atoms with Crippen LogP contribution >= 0.6 is 23.2 Å². The first-order valence-electron chi connectivity index (χ1n) is 8.49. The number of aromatic nitrogens is 1. The number of hydrogen-bond donors (Lipinski definition) is 2. The minimum absolute atomic E-state index is 0.0188. The quantitative estimate of drug-likeness (QED) is 0.652. The highest BCUT2D eigenvalue weighted by molar-refractivity contribution is 6.35. The van der Waals surface area contributed by atoms with Gasteiger partial charge in [0, 0.05) is 17.0 Å². The maximum atomic E-state index is 13.6. The molecule has 3 aromatic rings. The van der Waals surface area contributed by atoms with E-state index in [-0.39, 0.29) is 28.6 Å². The van der Waals surface area contributed by atoms with Crippen LogP contribution in [0.1, 0.15) is 12.5 Å². The van der Waals surface area contributed by atoms with Crippen LogP contribution in [0.25, 0.3) is 10.8 Å². The van der Waals surface area contributed by atoms with Crippen LogP contribution < -0.4 is 10.9 Å². The molecule has 146 valence electrons. The Bertz CT molecular complexity index is 1110. The first kappa shape index (κ1) is 20.3. The number of nitrogens with zero attached hydrogens (tertiary/aromatic N) is 1. The molecule has 0 bridgehead atoms. The van der Waals surface area contributed by atoms with E-state index in [4.69, 9.17) is 23.2 Å². The Morgan fingerprint density at radius 2 is 1.89 bits per heavy atom. The van der Waals surface area contributed by atoms with Gasteiger partial charge in [0.2, 0.25) is 5.91 Å².